The van der Waals surface area contributed by atoms with Gasteiger partial charge >= 0.3 is 5.76 Å². The summed E-state index contributed by atoms with van der Waals surface area (Å²) in [5.74, 6) is -0.297. The molecule has 0 saturated heterocycles. The van der Waals surface area contributed by atoms with E-state index >= 15 is 0 Å². The first-order valence-electron chi connectivity index (χ1n) is 7.05. The number of aliphatic hydroxyl groups is 1. The molecule has 1 amide bonds. The van der Waals surface area contributed by atoms with Crippen molar-refractivity contribution in [2.24, 2.45) is 5.92 Å². The lowest BCUT2D eigenvalue weighted by molar-refractivity contribution is -0.132. The number of oxazole rings is 1. The molecular weight excluding hydrogens is 272 g/mol. The van der Waals surface area contributed by atoms with E-state index in [1.807, 2.05) is 0 Å². The standard InChI is InChI=1S/C15H18N2O4/c1-16(8-10-6-11(18)7-10)14(19)9-17-12-4-2-3-5-13(12)21-15(17)20/h2-5,10-11,18H,6-9H2,1H3. The fourth-order valence-electron chi connectivity index (χ4n) is 2.76. The van der Waals surface area contributed by atoms with Gasteiger partial charge in [0, 0.05) is 13.6 Å². The molecule has 1 aromatic heterocycles. The quantitative estimate of drug-likeness (QED) is 0.904. The van der Waals surface area contributed by atoms with Crippen molar-refractivity contribution in [3.8, 4) is 0 Å². The number of amides is 1. The van der Waals surface area contributed by atoms with Crippen LogP contribution in [0, 0.1) is 5.92 Å². The summed E-state index contributed by atoms with van der Waals surface area (Å²) in [5.41, 5.74) is 1.11. The third-order valence-corrected chi connectivity index (χ3v) is 4.04. The average Bonchev–Trinajstić information content (AvgIpc) is 2.73. The first-order chi connectivity index (χ1) is 10.0. The minimum Gasteiger partial charge on any atom is -0.408 e. The Morgan fingerprint density at radius 3 is 2.86 bits per heavy atom. The summed E-state index contributed by atoms with van der Waals surface area (Å²) in [6.45, 7) is 0.585. The van der Waals surface area contributed by atoms with Gasteiger partial charge in [-0.25, -0.2) is 4.79 Å². The van der Waals surface area contributed by atoms with Gasteiger partial charge in [-0.05, 0) is 30.9 Å². The van der Waals surface area contributed by atoms with Gasteiger partial charge in [0.2, 0.25) is 5.91 Å². The first-order valence-corrected chi connectivity index (χ1v) is 7.05. The highest BCUT2D eigenvalue weighted by atomic mass is 16.4. The Hall–Kier alpha value is -2.08. The van der Waals surface area contributed by atoms with Crippen LogP contribution in [0.15, 0.2) is 33.5 Å². The number of aromatic nitrogens is 1. The van der Waals surface area contributed by atoms with Crippen molar-refractivity contribution in [2.45, 2.75) is 25.5 Å². The van der Waals surface area contributed by atoms with Crippen molar-refractivity contribution in [1.82, 2.24) is 9.47 Å². The number of rotatable bonds is 4. The van der Waals surface area contributed by atoms with Crippen LogP contribution in [0.5, 0.6) is 0 Å². The fraction of sp³-hybridized carbons (Fsp3) is 0.467. The van der Waals surface area contributed by atoms with Gasteiger partial charge in [-0.2, -0.15) is 0 Å². The molecule has 0 radical (unpaired) electrons. The molecule has 6 heteroatoms. The Labute approximate surface area is 121 Å². The Morgan fingerprint density at radius 2 is 2.14 bits per heavy atom. The molecule has 1 aliphatic rings. The van der Waals surface area contributed by atoms with E-state index in [0.717, 1.165) is 12.8 Å². The molecule has 6 nitrogen and oxygen atoms in total. The summed E-state index contributed by atoms with van der Waals surface area (Å²) in [6.07, 6.45) is 1.26. The van der Waals surface area contributed by atoms with Crippen LogP contribution in [-0.2, 0) is 11.3 Å². The topological polar surface area (TPSA) is 75.7 Å². The smallest absolute Gasteiger partial charge is 0.408 e. The highest BCUT2D eigenvalue weighted by Crippen LogP contribution is 2.27. The number of hydrogen-bond acceptors (Lipinski definition) is 4. The summed E-state index contributed by atoms with van der Waals surface area (Å²) in [4.78, 5) is 25.7. The van der Waals surface area contributed by atoms with Crippen LogP contribution in [0.1, 0.15) is 12.8 Å². The molecule has 1 N–H and O–H groups in total. The van der Waals surface area contributed by atoms with Crippen LogP contribution in [-0.4, -0.2) is 40.2 Å². The zero-order valence-electron chi connectivity index (χ0n) is 11.9. The molecule has 21 heavy (non-hydrogen) atoms. The average molecular weight is 290 g/mol. The van der Waals surface area contributed by atoms with Crippen LogP contribution < -0.4 is 5.76 Å². The maximum absolute atomic E-state index is 12.2. The molecule has 3 rings (SSSR count). The van der Waals surface area contributed by atoms with Crippen molar-refractivity contribution in [3.63, 3.8) is 0 Å². The maximum atomic E-state index is 12.2. The van der Waals surface area contributed by atoms with E-state index < -0.39 is 5.76 Å². The molecular formula is C15H18N2O4. The second-order valence-electron chi connectivity index (χ2n) is 5.69. The van der Waals surface area contributed by atoms with Crippen LogP contribution in [0.2, 0.25) is 0 Å². The number of benzene rings is 1. The van der Waals surface area contributed by atoms with E-state index in [2.05, 4.69) is 0 Å². The number of carbonyl (C=O) groups is 1. The van der Waals surface area contributed by atoms with Crippen LogP contribution in [0.25, 0.3) is 11.1 Å². The molecule has 1 aromatic carbocycles. The molecule has 0 bridgehead atoms. The van der Waals surface area contributed by atoms with Gasteiger partial charge in [0.15, 0.2) is 5.58 Å². The maximum Gasteiger partial charge on any atom is 0.420 e. The van der Waals surface area contributed by atoms with Gasteiger partial charge in [0.05, 0.1) is 11.6 Å². The Morgan fingerprint density at radius 1 is 1.43 bits per heavy atom. The second kappa shape index (κ2) is 5.37. The summed E-state index contributed by atoms with van der Waals surface area (Å²) in [6, 6.07) is 7.05. The first kappa shape index (κ1) is 13.9. The zero-order valence-corrected chi connectivity index (χ0v) is 11.9. The number of aliphatic hydroxyl groups excluding tert-OH is 1. The number of hydrogen-bond donors (Lipinski definition) is 1. The van der Waals surface area contributed by atoms with Gasteiger partial charge in [0.25, 0.3) is 0 Å². The fourth-order valence-corrected chi connectivity index (χ4v) is 2.76. The molecule has 0 unspecified atom stereocenters. The predicted molar refractivity (Wildman–Crippen MR) is 76.8 cm³/mol. The lowest BCUT2D eigenvalue weighted by Crippen LogP contribution is -2.41. The molecule has 1 saturated carbocycles. The van der Waals surface area contributed by atoms with E-state index in [9.17, 15) is 14.7 Å². The Bertz CT molecular complexity index is 712. The van der Waals surface area contributed by atoms with Gasteiger partial charge in [-0.3, -0.25) is 9.36 Å². The molecule has 1 heterocycles. The van der Waals surface area contributed by atoms with Gasteiger partial charge in [-0.15, -0.1) is 0 Å². The summed E-state index contributed by atoms with van der Waals surface area (Å²) in [5, 5.41) is 9.27. The van der Waals surface area contributed by atoms with Crippen LogP contribution in [0.4, 0.5) is 0 Å². The minimum atomic E-state index is -0.517. The lowest BCUT2D eigenvalue weighted by atomic mass is 9.82. The van der Waals surface area contributed by atoms with E-state index in [4.69, 9.17) is 4.42 Å². The Kier molecular flexibility index (Phi) is 3.55. The largest absolute Gasteiger partial charge is 0.420 e. The third-order valence-electron chi connectivity index (χ3n) is 4.04. The zero-order chi connectivity index (χ0) is 15.0. The van der Waals surface area contributed by atoms with Crippen molar-refractivity contribution in [2.75, 3.05) is 13.6 Å². The van der Waals surface area contributed by atoms with Gasteiger partial charge in [-0.1, -0.05) is 12.1 Å². The van der Waals surface area contributed by atoms with Gasteiger partial charge < -0.3 is 14.4 Å². The molecule has 0 aliphatic heterocycles. The SMILES string of the molecule is CN(CC1CC(O)C1)C(=O)Cn1c(=O)oc2ccccc21. The molecule has 0 atom stereocenters. The van der Waals surface area contributed by atoms with Crippen molar-refractivity contribution in [3.05, 3.63) is 34.8 Å². The van der Waals surface area contributed by atoms with E-state index in [1.165, 1.54) is 4.57 Å². The second-order valence-corrected chi connectivity index (χ2v) is 5.69. The normalized spacial score (nSPS) is 21.2. The minimum absolute atomic E-state index is 0.0262. The van der Waals surface area contributed by atoms with Crippen molar-refractivity contribution in [1.29, 1.82) is 0 Å². The lowest BCUT2D eigenvalue weighted by Gasteiger charge is -2.34. The van der Waals surface area contributed by atoms with Gasteiger partial charge in [0.1, 0.15) is 6.54 Å². The monoisotopic (exact) mass is 290 g/mol. The highest BCUT2D eigenvalue weighted by Gasteiger charge is 2.29. The molecule has 2 aromatic rings. The van der Waals surface area contributed by atoms with Crippen molar-refractivity contribution < 1.29 is 14.3 Å². The van der Waals surface area contributed by atoms with E-state index in [1.54, 1.807) is 36.2 Å². The molecule has 112 valence electrons. The van der Waals surface area contributed by atoms with E-state index in [-0.39, 0.29) is 18.6 Å². The van der Waals surface area contributed by atoms with Crippen molar-refractivity contribution >= 4 is 17.0 Å². The predicted octanol–water partition coefficient (Wildman–Crippen LogP) is 0.824. The summed E-state index contributed by atoms with van der Waals surface area (Å²) in [7, 11) is 1.72. The summed E-state index contributed by atoms with van der Waals surface area (Å²) < 4.78 is 6.46. The van der Waals surface area contributed by atoms with Crippen LogP contribution >= 0.6 is 0 Å². The number of carbonyl (C=O) groups excluding carboxylic acids is 1. The highest BCUT2D eigenvalue weighted by molar-refractivity contribution is 5.79. The van der Waals surface area contributed by atoms with Crippen LogP contribution in [0.3, 0.4) is 0 Å². The molecule has 1 fully saturated rings. The molecule has 1 aliphatic carbocycles. The third kappa shape index (κ3) is 2.71. The number of likely N-dealkylation sites (N-methyl/N-ethyl adjacent to an activating group) is 1. The number of nitrogens with zero attached hydrogens (tertiary/aromatic N) is 2. The molecule has 0 spiro atoms. The van der Waals surface area contributed by atoms with E-state index in [0.29, 0.717) is 23.6 Å². The summed E-state index contributed by atoms with van der Waals surface area (Å²) >= 11 is 0. The Balaban J connectivity index is 1.71. The number of fused-ring (bicyclic) bond motifs is 1. The number of para-hydroxylation sites is 2.